The van der Waals surface area contributed by atoms with Crippen LogP contribution in [0.15, 0.2) is 10.8 Å². The molecular formula is C7H11BrN2O. The lowest BCUT2D eigenvalue weighted by atomic mass is 10.6. The molecule has 0 amide bonds. The molecule has 0 saturated heterocycles. The van der Waals surface area contributed by atoms with Crippen LogP contribution in [0.25, 0.3) is 0 Å². The van der Waals surface area contributed by atoms with Crippen LogP contribution >= 0.6 is 15.9 Å². The summed E-state index contributed by atoms with van der Waals surface area (Å²) in [7, 11) is 1.67. The summed E-state index contributed by atoms with van der Waals surface area (Å²) in [6, 6.07) is 0. The molecule has 4 heteroatoms. The second-order valence-corrected chi connectivity index (χ2v) is 2.99. The lowest BCUT2D eigenvalue weighted by molar-refractivity contribution is 0.174. The van der Waals surface area contributed by atoms with Crippen molar-refractivity contribution in [2.75, 3.05) is 7.11 Å². The van der Waals surface area contributed by atoms with E-state index in [1.165, 1.54) is 0 Å². The highest BCUT2D eigenvalue weighted by molar-refractivity contribution is 9.10. The molecule has 0 aliphatic rings. The zero-order valence-corrected chi connectivity index (χ0v) is 8.26. The second kappa shape index (κ2) is 3.88. The van der Waals surface area contributed by atoms with E-state index in [9.17, 15) is 0 Å². The molecule has 11 heavy (non-hydrogen) atoms. The minimum Gasteiger partial charge on any atom is -0.377 e. The van der Waals surface area contributed by atoms with Crippen molar-refractivity contribution in [3.63, 3.8) is 0 Å². The molecule has 62 valence electrons. The molecule has 0 aromatic carbocycles. The van der Waals surface area contributed by atoms with E-state index < -0.39 is 0 Å². The van der Waals surface area contributed by atoms with Crippen LogP contribution in [0.2, 0.25) is 0 Å². The van der Waals surface area contributed by atoms with E-state index in [1.54, 1.807) is 13.3 Å². The smallest absolute Gasteiger partial charge is 0.135 e. The zero-order chi connectivity index (χ0) is 8.27. The van der Waals surface area contributed by atoms with Crippen molar-refractivity contribution < 1.29 is 4.74 Å². The summed E-state index contributed by atoms with van der Waals surface area (Å²) in [5.41, 5.74) is 0. The molecule has 1 rings (SSSR count). The van der Waals surface area contributed by atoms with Crippen molar-refractivity contribution in [2.45, 2.75) is 20.1 Å². The summed E-state index contributed by atoms with van der Waals surface area (Å²) >= 11 is 3.39. The highest BCUT2D eigenvalue weighted by atomic mass is 79.9. The summed E-state index contributed by atoms with van der Waals surface area (Å²) in [5.74, 6) is 0.960. The van der Waals surface area contributed by atoms with Crippen molar-refractivity contribution in [1.82, 2.24) is 9.55 Å². The van der Waals surface area contributed by atoms with E-state index in [1.807, 2.05) is 0 Å². The monoisotopic (exact) mass is 218 g/mol. The van der Waals surface area contributed by atoms with Crippen molar-refractivity contribution in [2.24, 2.45) is 0 Å². The Kier molecular flexibility index (Phi) is 3.08. The Balaban J connectivity index is 2.86. The van der Waals surface area contributed by atoms with E-state index in [-0.39, 0.29) is 0 Å². The molecule has 0 aliphatic heterocycles. The number of aromatic nitrogens is 2. The zero-order valence-electron chi connectivity index (χ0n) is 6.67. The Morgan fingerprint density at radius 2 is 2.45 bits per heavy atom. The van der Waals surface area contributed by atoms with Crippen LogP contribution < -0.4 is 0 Å². The van der Waals surface area contributed by atoms with Gasteiger partial charge in [0, 0.05) is 13.7 Å². The number of hydrogen-bond acceptors (Lipinski definition) is 2. The molecule has 0 atom stereocenters. The molecule has 0 fully saturated rings. The van der Waals surface area contributed by atoms with Crippen LogP contribution in [-0.2, 0) is 17.9 Å². The van der Waals surface area contributed by atoms with E-state index in [0.29, 0.717) is 6.61 Å². The van der Waals surface area contributed by atoms with E-state index in [2.05, 4.69) is 32.4 Å². The molecule has 0 spiro atoms. The number of nitrogens with zero attached hydrogens (tertiary/aromatic N) is 2. The number of imidazole rings is 1. The largest absolute Gasteiger partial charge is 0.377 e. The van der Waals surface area contributed by atoms with Gasteiger partial charge in [-0.05, 0) is 22.9 Å². The van der Waals surface area contributed by atoms with Gasteiger partial charge in [-0.3, -0.25) is 0 Å². The molecule has 0 bridgehead atoms. The standard InChI is InChI=1S/C7H11BrN2O/c1-3-10-6(8)4-9-7(10)5-11-2/h4H,3,5H2,1-2H3. The van der Waals surface area contributed by atoms with Crippen molar-refractivity contribution in [1.29, 1.82) is 0 Å². The van der Waals surface area contributed by atoms with Gasteiger partial charge >= 0.3 is 0 Å². The molecule has 1 aromatic heterocycles. The maximum atomic E-state index is 4.98. The van der Waals surface area contributed by atoms with Crippen molar-refractivity contribution >= 4 is 15.9 Å². The van der Waals surface area contributed by atoms with E-state index in [0.717, 1.165) is 17.0 Å². The van der Waals surface area contributed by atoms with Gasteiger partial charge in [0.25, 0.3) is 0 Å². The third-order valence-electron chi connectivity index (χ3n) is 1.48. The van der Waals surface area contributed by atoms with Gasteiger partial charge in [-0.15, -0.1) is 0 Å². The SMILES string of the molecule is CCn1c(Br)cnc1COC. The fourth-order valence-corrected chi connectivity index (χ4v) is 1.53. The Labute approximate surface area is 74.5 Å². The summed E-state index contributed by atoms with van der Waals surface area (Å²) < 4.78 is 8.05. The second-order valence-electron chi connectivity index (χ2n) is 2.17. The van der Waals surface area contributed by atoms with Gasteiger partial charge in [0.2, 0.25) is 0 Å². The Hall–Kier alpha value is -0.350. The van der Waals surface area contributed by atoms with Crippen molar-refractivity contribution in [3.05, 3.63) is 16.6 Å². The van der Waals surface area contributed by atoms with Crippen LogP contribution in [0.5, 0.6) is 0 Å². The van der Waals surface area contributed by atoms with Crippen LogP contribution in [-0.4, -0.2) is 16.7 Å². The normalized spacial score (nSPS) is 10.5. The molecule has 0 radical (unpaired) electrons. The van der Waals surface area contributed by atoms with Gasteiger partial charge in [0.1, 0.15) is 17.0 Å². The Morgan fingerprint density at radius 1 is 1.73 bits per heavy atom. The molecular weight excluding hydrogens is 208 g/mol. The Bertz CT molecular complexity index is 234. The van der Waals surface area contributed by atoms with Gasteiger partial charge in [0.15, 0.2) is 0 Å². The topological polar surface area (TPSA) is 27.1 Å². The van der Waals surface area contributed by atoms with E-state index >= 15 is 0 Å². The van der Waals surface area contributed by atoms with Crippen LogP contribution in [0.1, 0.15) is 12.7 Å². The Morgan fingerprint density at radius 3 is 3.00 bits per heavy atom. The predicted octanol–water partition coefficient (Wildman–Crippen LogP) is 1.81. The lowest BCUT2D eigenvalue weighted by Crippen LogP contribution is -2.02. The maximum Gasteiger partial charge on any atom is 0.135 e. The van der Waals surface area contributed by atoms with Gasteiger partial charge in [0.05, 0.1) is 6.20 Å². The third kappa shape index (κ3) is 1.81. The predicted molar refractivity (Wildman–Crippen MR) is 46.3 cm³/mol. The molecule has 1 aromatic rings. The van der Waals surface area contributed by atoms with Crippen LogP contribution in [0.3, 0.4) is 0 Å². The van der Waals surface area contributed by atoms with Gasteiger partial charge in [-0.1, -0.05) is 0 Å². The number of halogens is 1. The average Bonchev–Trinajstić information content (AvgIpc) is 2.33. The number of hydrogen-bond donors (Lipinski definition) is 0. The quantitative estimate of drug-likeness (QED) is 0.775. The lowest BCUT2D eigenvalue weighted by Gasteiger charge is -2.03. The minimum absolute atomic E-state index is 0.569. The summed E-state index contributed by atoms with van der Waals surface area (Å²) in [5, 5.41) is 0. The number of rotatable bonds is 3. The van der Waals surface area contributed by atoms with Gasteiger partial charge in [-0.25, -0.2) is 4.98 Å². The van der Waals surface area contributed by atoms with Gasteiger partial charge < -0.3 is 9.30 Å². The number of ether oxygens (including phenoxy) is 1. The molecule has 3 nitrogen and oxygen atoms in total. The average molecular weight is 219 g/mol. The maximum absolute atomic E-state index is 4.98. The summed E-state index contributed by atoms with van der Waals surface area (Å²) in [6.45, 7) is 3.56. The fraction of sp³-hybridized carbons (Fsp3) is 0.571. The highest BCUT2D eigenvalue weighted by Crippen LogP contribution is 2.12. The molecule has 0 unspecified atom stereocenters. The minimum atomic E-state index is 0.569. The van der Waals surface area contributed by atoms with Gasteiger partial charge in [-0.2, -0.15) is 0 Å². The molecule has 0 saturated carbocycles. The first-order valence-corrected chi connectivity index (χ1v) is 4.27. The van der Waals surface area contributed by atoms with E-state index in [4.69, 9.17) is 4.74 Å². The summed E-state index contributed by atoms with van der Waals surface area (Å²) in [6.07, 6.45) is 1.79. The van der Waals surface area contributed by atoms with Crippen LogP contribution in [0, 0.1) is 0 Å². The van der Waals surface area contributed by atoms with Crippen LogP contribution in [0.4, 0.5) is 0 Å². The first-order valence-electron chi connectivity index (χ1n) is 3.48. The molecule has 0 aliphatic carbocycles. The first-order chi connectivity index (χ1) is 5.29. The number of methoxy groups -OCH3 is 1. The molecule has 1 heterocycles. The fourth-order valence-electron chi connectivity index (χ4n) is 0.968. The third-order valence-corrected chi connectivity index (χ3v) is 2.11. The summed E-state index contributed by atoms with van der Waals surface area (Å²) in [4.78, 5) is 4.17. The molecule has 0 N–H and O–H groups in total. The highest BCUT2D eigenvalue weighted by Gasteiger charge is 2.04. The van der Waals surface area contributed by atoms with Crippen molar-refractivity contribution in [3.8, 4) is 0 Å². The first kappa shape index (κ1) is 8.74.